The van der Waals surface area contributed by atoms with Crippen LogP contribution in [0.25, 0.3) is 0 Å². The van der Waals surface area contributed by atoms with Gasteiger partial charge < -0.3 is 15.0 Å². The average Bonchev–Trinajstić information content (AvgIpc) is 2.69. The van der Waals surface area contributed by atoms with Crippen LogP contribution in [-0.2, 0) is 4.74 Å². The molecule has 4 nitrogen and oxygen atoms in total. The number of amides is 1. The molecule has 2 heterocycles. The molecule has 0 aromatic rings. The van der Waals surface area contributed by atoms with E-state index < -0.39 is 0 Å². The SMILES string of the molecule is C1CCCNCC1.CC(C)(C)OC(=O)N1CCCC1. The van der Waals surface area contributed by atoms with E-state index in [-0.39, 0.29) is 11.7 Å². The van der Waals surface area contributed by atoms with Gasteiger partial charge in [0.25, 0.3) is 0 Å². The number of nitrogens with zero attached hydrogens (tertiary/aromatic N) is 1. The molecule has 2 aliphatic heterocycles. The summed E-state index contributed by atoms with van der Waals surface area (Å²) >= 11 is 0. The van der Waals surface area contributed by atoms with Crippen LogP contribution in [0, 0.1) is 0 Å². The zero-order valence-electron chi connectivity index (χ0n) is 12.8. The minimum absolute atomic E-state index is 0.167. The Bertz CT molecular complexity index is 236. The van der Waals surface area contributed by atoms with E-state index in [1.165, 1.54) is 38.8 Å². The Balaban J connectivity index is 0.000000218. The predicted molar refractivity (Wildman–Crippen MR) is 78.4 cm³/mol. The van der Waals surface area contributed by atoms with E-state index in [1.807, 2.05) is 20.8 Å². The van der Waals surface area contributed by atoms with Crippen LogP contribution in [0.1, 0.15) is 59.3 Å². The molecule has 0 saturated carbocycles. The smallest absolute Gasteiger partial charge is 0.410 e. The summed E-state index contributed by atoms with van der Waals surface area (Å²) < 4.78 is 5.21. The molecule has 1 amide bonds. The Morgan fingerprint density at radius 2 is 1.47 bits per heavy atom. The van der Waals surface area contributed by atoms with Crippen molar-refractivity contribution < 1.29 is 9.53 Å². The van der Waals surface area contributed by atoms with E-state index in [1.54, 1.807) is 4.90 Å². The Morgan fingerprint density at radius 3 is 1.95 bits per heavy atom. The summed E-state index contributed by atoms with van der Waals surface area (Å²) in [5.41, 5.74) is -0.361. The standard InChI is InChI=1S/C9H17NO2.C6H13N/c1-9(2,3)12-8(11)10-6-4-5-7-10;1-2-4-6-7-5-3-1/h4-7H2,1-3H3;7H,1-6H2. The van der Waals surface area contributed by atoms with Crippen LogP contribution >= 0.6 is 0 Å². The lowest BCUT2D eigenvalue weighted by Crippen LogP contribution is -2.34. The first-order valence-corrected chi connectivity index (χ1v) is 7.68. The van der Waals surface area contributed by atoms with Gasteiger partial charge in [0.15, 0.2) is 0 Å². The van der Waals surface area contributed by atoms with Gasteiger partial charge in [-0.15, -0.1) is 0 Å². The Hall–Kier alpha value is -0.770. The Labute approximate surface area is 117 Å². The van der Waals surface area contributed by atoms with Crippen LogP contribution in [-0.4, -0.2) is 42.8 Å². The van der Waals surface area contributed by atoms with Crippen molar-refractivity contribution in [3.8, 4) is 0 Å². The maximum Gasteiger partial charge on any atom is 0.410 e. The molecule has 0 spiro atoms. The van der Waals surface area contributed by atoms with Crippen molar-refractivity contribution >= 4 is 6.09 Å². The van der Waals surface area contributed by atoms with E-state index >= 15 is 0 Å². The van der Waals surface area contributed by atoms with Gasteiger partial charge in [-0.3, -0.25) is 0 Å². The lowest BCUT2D eigenvalue weighted by molar-refractivity contribution is 0.0295. The Morgan fingerprint density at radius 1 is 0.947 bits per heavy atom. The van der Waals surface area contributed by atoms with Crippen molar-refractivity contribution in [1.29, 1.82) is 0 Å². The lowest BCUT2D eigenvalue weighted by Gasteiger charge is -2.23. The molecule has 0 aromatic carbocycles. The molecule has 2 fully saturated rings. The van der Waals surface area contributed by atoms with Gasteiger partial charge in [0.05, 0.1) is 0 Å². The van der Waals surface area contributed by atoms with Crippen LogP contribution in [0.5, 0.6) is 0 Å². The summed E-state index contributed by atoms with van der Waals surface area (Å²) in [6, 6.07) is 0. The second kappa shape index (κ2) is 8.41. The van der Waals surface area contributed by atoms with E-state index in [2.05, 4.69) is 5.32 Å². The molecular weight excluding hydrogens is 240 g/mol. The molecule has 0 bridgehead atoms. The zero-order chi connectivity index (χ0) is 14.1. The largest absolute Gasteiger partial charge is 0.444 e. The molecule has 0 aliphatic carbocycles. The first-order valence-electron chi connectivity index (χ1n) is 7.68. The molecular formula is C15H30N2O2. The highest BCUT2D eigenvalue weighted by atomic mass is 16.6. The fraction of sp³-hybridized carbons (Fsp3) is 0.933. The molecule has 19 heavy (non-hydrogen) atoms. The van der Waals surface area contributed by atoms with Crippen LogP contribution in [0.4, 0.5) is 4.79 Å². The summed E-state index contributed by atoms with van der Waals surface area (Å²) in [6.07, 6.45) is 7.71. The molecule has 0 atom stereocenters. The molecule has 0 unspecified atom stereocenters. The number of likely N-dealkylation sites (tertiary alicyclic amines) is 1. The highest BCUT2D eigenvalue weighted by Crippen LogP contribution is 2.14. The number of hydrogen-bond acceptors (Lipinski definition) is 3. The summed E-state index contributed by atoms with van der Waals surface area (Å²) in [4.78, 5) is 13.1. The van der Waals surface area contributed by atoms with Gasteiger partial charge >= 0.3 is 6.09 Å². The van der Waals surface area contributed by atoms with E-state index in [4.69, 9.17) is 4.74 Å². The predicted octanol–water partition coefficient (Wildman–Crippen LogP) is 3.17. The molecule has 0 aromatic heterocycles. The number of rotatable bonds is 0. The molecule has 2 rings (SSSR count). The fourth-order valence-electron chi connectivity index (χ4n) is 2.20. The highest BCUT2D eigenvalue weighted by molar-refractivity contribution is 5.68. The number of hydrogen-bond donors (Lipinski definition) is 1. The van der Waals surface area contributed by atoms with Gasteiger partial charge in [0.2, 0.25) is 0 Å². The number of ether oxygens (including phenoxy) is 1. The lowest BCUT2D eigenvalue weighted by atomic mass is 10.2. The maximum absolute atomic E-state index is 11.4. The second-order valence-corrected chi connectivity index (χ2v) is 6.34. The zero-order valence-corrected chi connectivity index (χ0v) is 12.8. The van der Waals surface area contributed by atoms with Crippen molar-refractivity contribution in [3.63, 3.8) is 0 Å². The topological polar surface area (TPSA) is 41.6 Å². The maximum atomic E-state index is 11.4. The van der Waals surface area contributed by atoms with Crippen molar-refractivity contribution in [2.75, 3.05) is 26.2 Å². The van der Waals surface area contributed by atoms with Gasteiger partial charge in [-0.1, -0.05) is 12.8 Å². The number of carbonyl (C=O) groups excluding carboxylic acids is 1. The van der Waals surface area contributed by atoms with Crippen molar-refractivity contribution in [2.24, 2.45) is 0 Å². The molecule has 4 heteroatoms. The monoisotopic (exact) mass is 270 g/mol. The van der Waals surface area contributed by atoms with Gasteiger partial charge in [0, 0.05) is 13.1 Å². The van der Waals surface area contributed by atoms with Crippen molar-refractivity contribution in [3.05, 3.63) is 0 Å². The van der Waals surface area contributed by atoms with Crippen LogP contribution in [0.2, 0.25) is 0 Å². The van der Waals surface area contributed by atoms with Gasteiger partial charge in [-0.2, -0.15) is 0 Å². The van der Waals surface area contributed by atoms with Gasteiger partial charge in [-0.05, 0) is 59.5 Å². The summed E-state index contributed by atoms with van der Waals surface area (Å²) in [7, 11) is 0. The summed E-state index contributed by atoms with van der Waals surface area (Å²) in [6.45, 7) is 9.88. The molecule has 2 saturated heterocycles. The summed E-state index contributed by atoms with van der Waals surface area (Å²) in [5.74, 6) is 0. The van der Waals surface area contributed by atoms with Crippen molar-refractivity contribution in [2.45, 2.75) is 64.9 Å². The normalized spacial score (nSPS) is 20.3. The minimum atomic E-state index is -0.361. The third-order valence-electron chi connectivity index (χ3n) is 3.21. The summed E-state index contributed by atoms with van der Waals surface area (Å²) in [5, 5.41) is 3.35. The van der Waals surface area contributed by atoms with Gasteiger partial charge in [-0.25, -0.2) is 4.79 Å². The van der Waals surface area contributed by atoms with Crippen LogP contribution in [0.15, 0.2) is 0 Å². The van der Waals surface area contributed by atoms with Crippen LogP contribution < -0.4 is 5.32 Å². The average molecular weight is 270 g/mol. The van der Waals surface area contributed by atoms with Crippen molar-refractivity contribution in [1.82, 2.24) is 10.2 Å². The van der Waals surface area contributed by atoms with E-state index in [9.17, 15) is 4.79 Å². The first-order chi connectivity index (χ1) is 8.99. The van der Waals surface area contributed by atoms with Gasteiger partial charge in [0.1, 0.15) is 5.60 Å². The fourth-order valence-corrected chi connectivity index (χ4v) is 2.20. The number of carbonyl (C=O) groups is 1. The third kappa shape index (κ3) is 8.09. The van der Waals surface area contributed by atoms with E-state index in [0.717, 1.165) is 25.9 Å². The quantitative estimate of drug-likeness (QED) is 0.735. The molecule has 1 N–H and O–H groups in total. The second-order valence-electron chi connectivity index (χ2n) is 6.34. The third-order valence-corrected chi connectivity index (χ3v) is 3.21. The molecule has 2 aliphatic rings. The number of nitrogens with one attached hydrogen (secondary N) is 1. The molecule has 0 radical (unpaired) electrons. The highest BCUT2D eigenvalue weighted by Gasteiger charge is 2.23. The van der Waals surface area contributed by atoms with Crippen LogP contribution in [0.3, 0.4) is 0 Å². The minimum Gasteiger partial charge on any atom is -0.444 e. The Kier molecular flexibility index (Phi) is 7.21. The first kappa shape index (κ1) is 16.3. The molecule has 112 valence electrons. The van der Waals surface area contributed by atoms with E-state index in [0.29, 0.717) is 0 Å².